The van der Waals surface area contributed by atoms with E-state index >= 15 is 0 Å². The second-order valence-corrected chi connectivity index (χ2v) is 5.45. The van der Waals surface area contributed by atoms with Crippen LogP contribution in [0.5, 0.6) is 0 Å². The third kappa shape index (κ3) is 6.39. The maximum atomic E-state index is 5.77. The van der Waals surface area contributed by atoms with Crippen molar-refractivity contribution in [2.24, 2.45) is 5.92 Å². The summed E-state index contributed by atoms with van der Waals surface area (Å²) < 4.78 is 5.77. The number of nitrogens with zero attached hydrogens (tertiary/aromatic N) is 1. The van der Waals surface area contributed by atoms with Crippen LogP contribution in [0.25, 0.3) is 0 Å². The summed E-state index contributed by atoms with van der Waals surface area (Å²) in [6, 6.07) is 0.767. The summed E-state index contributed by atoms with van der Waals surface area (Å²) in [6.45, 7) is 9.74. The fraction of sp³-hybridized carbons (Fsp3) is 1.00. The molecule has 1 N–H and O–H groups in total. The molecular formula is C14H30N2O. The van der Waals surface area contributed by atoms with Crippen LogP contribution in [0.1, 0.15) is 39.5 Å². The first kappa shape index (κ1) is 14.9. The fourth-order valence-corrected chi connectivity index (χ4v) is 2.43. The molecule has 1 saturated heterocycles. The summed E-state index contributed by atoms with van der Waals surface area (Å²) in [6.07, 6.45) is 5.12. The predicted molar refractivity (Wildman–Crippen MR) is 73.4 cm³/mol. The summed E-state index contributed by atoms with van der Waals surface area (Å²) in [4.78, 5) is 2.47. The number of hydrogen-bond donors (Lipinski definition) is 1. The van der Waals surface area contributed by atoms with Gasteiger partial charge in [-0.05, 0) is 58.3 Å². The molecule has 0 amide bonds. The lowest BCUT2D eigenvalue weighted by Crippen LogP contribution is -2.27. The average molecular weight is 242 g/mol. The lowest BCUT2D eigenvalue weighted by Gasteiger charge is -2.19. The van der Waals surface area contributed by atoms with Gasteiger partial charge in [0.05, 0.1) is 6.61 Å². The van der Waals surface area contributed by atoms with E-state index in [1.54, 1.807) is 0 Å². The molecule has 1 aliphatic heterocycles. The van der Waals surface area contributed by atoms with Crippen LogP contribution in [0.4, 0.5) is 0 Å². The van der Waals surface area contributed by atoms with Gasteiger partial charge in [-0.1, -0.05) is 13.8 Å². The van der Waals surface area contributed by atoms with E-state index in [4.69, 9.17) is 4.74 Å². The van der Waals surface area contributed by atoms with Crippen LogP contribution in [-0.4, -0.2) is 50.8 Å². The first-order valence-corrected chi connectivity index (χ1v) is 7.22. The summed E-state index contributed by atoms with van der Waals surface area (Å²) in [5, 5.41) is 3.44. The molecule has 2 unspecified atom stereocenters. The molecule has 0 bridgehead atoms. The first-order valence-electron chi connectivity index (χ1n) is 7.22. The van der Waals surface area contributed by atoms with Crippen LogP contribution in [0, 0.1) is 5.92 Å². The standard InChI is InChI=1S/C14H30N2O/c1-4-8-15-11-13(2)12-17-10-7-14-6-5-9-16(14)3/h13-15H,4-12H2,1-3H3. The second-order valence-electron chi connectivity index (χ2n) is 5.45. The van der Waals surface area contributed by atoms with Gasteiger partial charge in [-0.2, -0.15) is 0 Å². The third-order valence-electron chi connectivity index (χ3n) is 3.59. The molecule has 1 rings (SSSR count). The average Bonchev–Trinajstić information content (AvgIpc) is 2.71. The van der Waals surface area contributed by atoms with E-state index in [0.717, 1.165) is 32.3 Å². The highest BCUT2D eigenvalue weighted by Crippen LogP contribution is 2.17. The molecule has 3 nitrogen and oxygen atoms in total. The maximum absolute atomic E-state index is 5.77. The van der Waals surface area contributed by atoms with Crippen LogP contribution < -0.4 is 5.32 Å². The summed E-state index contributed by atoms with van der Waals surface area (Å²) in [7, 11) is 2.23. The molecule has 0 aliphatic carbocycles. The molecule has 102 valence electrons. The van der Waals surface area contributed by atoms with Crippen LogP contribution in [-0.2, 0) is 4.74 Å². The monoisotopic (exact) mass is 242 g/mol. The highest BCUT2D eigenvalue weighted by atomic mass is 16.5. The summed E-state index contributed by atoms with van der Waals surface area (Å²) in [5.74, 6) is 0.628. The van der Waals surface area contributed by atoms with E-state index in [-0.39, 0.29) is 0 Å². The molecule has 0 saturated carbocycles. The van der Waals surface area contributed by atoms with Crippen LogP contribution in [0.3, 0.4) is 0 Å². The lowest BCUT2D eigenvalue weighted by atomic mass is 10.1. The van der Waals surface area contributed by atoms with Crippen molar-refractivity contribution in [2.75, 3.05) is 39.9 Å². The number of likely N-dealkylation sites (tertiary alicyclic amines) is 1. The van der Waals surface area contributed by atoms with Crippen LogP contribution in [0.2, 0.25) is 0 Å². The van der Waals surface area contributed by atoms with Gasteiger partial charge < -0.3 is 15.0 Å². The van der Waals surface area contributed by atoms with Crippen molar-refractivity contribution >= 4 is 0 Å². The summed E-state index contributed by atoms with van der Waals surface area (Å²) in [5.41, 5.74) is 0. The Morgan fingerprint density at radius 3 is 2.94 bits per heavy atom. The lowest BCUT2D eigenvalue weighted by molar-refractivity contribution is 0.0887. The van der Waals surface area contributed by atoms with Gasteiger partial charge in [0.2, 0.25) is 0 Å². The van der Waals surface area contributed by atoms with Crippen LogP contribution >= 0.6 is 0 Å². The Kier molecular flexibility index (Phi) is 7.82. The third-order valence-corrected chi connectivity index (χ3v) is 3.59. The van der Waals surface area contributed by atoms with Gasteiger partial charge in [-0.3, -0.25) is 0 Å². The Morgan fingerprint density at radius 1 is 1.47 bits per heavy atom. The molecule has 3 heteroatoms. The highest BCUT2D eigenvalue weighted by Gasteiger charge is 2.20. The normalized spacial score (nSPS) is 23.1. The molecular weight excluding hydrogens is 212 g/mol. The van der Waals surface area contributed by atoms with Crippen molar-refractivity contribution in [3.8, 4) is 0 Å². The van der Waals surface area contributed by atoms with Gasteiger partial charge in [0.25, 0.3) is 0 Å². The van der Waals surface area contributed by atoms with E-state index in [1.807, 2.05) is 0 Å². The molecule has 1 heterocycles. The number of ether oxygens (including phenoxy) is 1. The number of nitrogens with one attached hydrogen (secondary N) is 1. The summed E-state index contributed by atoms with van der Waals surface area (Å²) >= 11 is 0. The Morgan fingerprint density at radius 2 is 2.29 bits per heavy atom. The zero-order valence-corrected chi connectivity index (χ0v) is 11.9. The minimum Gasteiger partial charge on any atom is -0.381 e. The van der Waals surface area contributed by atoms with Gasteiger partial charge in [0, 0.05) is 12.6 Å². The fourth-order valence-electron chi connectivity index (χ4n) is 2.43. The van der Waals surface area contributed by atoms with Crippen molar-refractivity contribution in [1.29, 1.82) is 0 Å². The van der Waals surface area contributed by atoms with Crippen molar-refractivity contribution in [2.45, 2.75) is 45.6 Å². The Labute approximate surface area is 107 Å². The van der Waals surface area contributed by atoms with E-state index in [1.165, 1.54) is 32.2 Å². The predicted octanol–water partition coefficient (Wildman–Crippen LogP) is 2.12. The Bertz CT molecular complexity index is 187. The van der Waals surface area contributed by atoms with Crippen LogP contribution in [0.15, 0.2) is 0 Å². The quantitative estimate of drug-likeness (QED) is 0.627. The highest BCUT2D eigenvalue weighted by molar-refractivity contribution is 4.75. The van der Waals surface area contributed by atoms with Crippen molar-refractivity contribution in [3.63, 3.8) is 0 Å². The molecule has 0 radical (unpaired) electrons. The van der Waals surface area contributed by atoms with E-state index in [2.05, 4.69) is 31.1 Å². The van der Waals surface area contributed by atoms with E-state index in [9.17, 15) is 0 Å². The zero-order chi connectivity index (χ0) is 12.5. The van der Waals surface area contributed by atoms with Gasteiger partial charge in [0.1, 0.15) is 0 Å². The minimum absolute atomic E-state index is 0.628. The van der Waals surface area contributed by atoms with Crippen molar-refractivity contribution < 1.29 is 4.74 Å². The van der Waals surface area contributed by atoms with Gasteiger partial charge in [-0.25, -0.2) is 0 Å². The second kappa shape index (κ2) is 8.90. The molecule has 0 aromatic rings. The molecule has 2 atom stereocenters. The maximum Gasteiger partial charge on any atom is 0.0503 e. The molecule has 1 aliphatic rings. The molecule has 1 fully saturated rings. The number of rotatable bonds is 9. The van der Waals surface area contributed by atoms with Gasteiger partial charge in [-0.15, -0.1) is 0 Å². The van der Waals surface area contributed by atoms with Crippen molar-refractivity contribution in [1.82, 2.24) is 10.2 Å². The Balaban J connectivity index is 1.92. The minimum atomic E-state index is 0.628. The van der Waals surface area contributed by atoms with Gasteiger partial charge in [0.15, 0.2) is 0 Å². The largest absolute Gasteiger partial charge is 0.381 e. The Hall–Kier alpha value is -0.120. The topological polar surface area (TPSA) is 24.5 Å². The van der Waals surface area contributed by atoms with Gasteiger partial charge >= 0.3 is 0 Å². The molecule has 0 spiro atoms. The van der Waals surface area contributed by atoms with E-state index in [0.29, 0.717) is 5.92 Å². The molecule has 0 aromatic heterocycles. The van der Waals surface area contributed by atoms with E-state index < -0.39 is 0 Å². The zero-order valence-electron chi connectivity index (χ0n) is 11.9. The molecule has 0 aromatic carbocycles. The smallest absolute Gasteiger partial charge is 0.0503 e. The first-order chi connectivity index (χ1) is 8.24. The number of hydrogen-bond acceptors (Lipinski definition) is 3. The molecule has 17 heavy (non-hydrogen) atoms. The van der Waals surface area contributed by atoms with Crippen molar-refractivity contribution in [3.05, 3.63) is 0 Å². The SMILES string of the molecule is CCCNCC(C)COCCC1CCCN1C.